The van der Waals surface area contributed by atoms with E-state index in [0.29, 0.717) is 29.4 Å². The summed E-state index contributed by atoms with van der Waals surface area (Å²) in [6.07, 6.45) is 0.343. The summed E-state index contributed by atoms with van der Waals surface area (Å²) < 4.78 is 0. The van der Waals surface area contributed by atoms with Crippen LogP contribution in [0, 0.1) is 6.92 Å². The molecule has 2 aromatic rings. The first kappa shape index (κ1) is 17.8. The van der Waals surface area contributed by atoms with E-state index in [4.69, 9.17) is 11.6 Å². The molecule has 0 aliphatic heterocycles. The highest BCUT2D eigenvalue weighted by atomic mass is 35.5. The lowest BCUT2D eigenvalue weighted by atomic mass is 10.2. The Hall–Kier alpha value is -2.53. The van der Waals surface area contributed by atoms with E-state index in [-0.39, 0.29) is 11.8 Å². The second kappa shape index (κ2) is 8.36. The maximum Gasteiger partial charge on any atom is 0.226 e. The van der Waals surface area contributed by atoms with Gasteiger partial charge in [-0.15, -0.1) is 0 Å². The lowest BCUT2D eigenvalue weighted by molar-refractivity contribution is -0.116. The van der Waals surface area contributed by atoms with Gasteiger partial charge in [-0.1, -0.05) is 11.6 Å². The van der Waals surface area contributed by atoms with Gasteiger partial charge in [-0.3, -0.25) is 9.59 Å². The zero-order valence-corrected chi connectivity index (χ0v) is 14.4. The van der Waals surface area contributed by atoms with Crippen molar-refractivity contribution in [2.45, 2.75) is 20.3 Å². The predicted octanol–water partition coefficient (Wildman–Crippen LogP) is 4.05. The molecule has 0 spiro atoms. The average molecular weight is 346 g/mol. The Kier molecular flexibility index (Phi) is 6.21. The Labute approximate surface area is 146 Å². The van der Waals surface area contributed by atoms with Crippen LogP contribution in [0.3, 0.4) is 0 Å². The van der Waals surface area contributed by atoms with Crippen molar-refractivity contribution in [3.05, 3.63) is 53.1 Å². The van der Waals surface area contributed by atoms with Crippen LogP contribution in [0.4, 0.5) is 17.1 Å². The fourth-order valence-electron chi connectivity index (χ4n) is 2.20. The zero-order valence-electron chi connectivity index (χ0n) is 13.7. The van der Waals surface area contributed by atoms with Gasteiger partial charge >= 0.3 is 0 Å². The minimum absolute atomic E-state index is 0.0820. The molecular weight excluding hydrogens is 326 g/mol. The van der Waals surface area contributed by atoms with Gasteiger partial charge in [0, 0.05) is 42.0 Å². The number of halogens is 1. The SMILES string of the molecule is CC(=O)Nc1ccc(NC(=O)CCNc2ccc(Cl)cc2C)cc1. The number of amides is 2. The number of nitrogens with one attached hydrogen (secondary N) is 3. The molecule has 0 unspecified atom stereocenters. The molecule has 0 saturated carbocycles. The lowest BCUT2D eigenvalue weighted by Gasteiger charge is -2.10. The Morgan fingerprint density at radius 2 is 1.62 bits per heavy atom. The maximum absolute atomic E-state index is 12.0. The zero-order chi connectivity index (χ0) is 17.5. The molecule has 6 heteroatoms. The molecule has 0 heterocycles. The summed E-state index contributed by atoms with van der Waals surface area (Å²) >= 11 is 5.92. The van der Waals surface area contributed by atoms with E-state index in [2.05, 4.69) is 16.0 Å². The number of carbonyl (C=O) groups is 2. The minimum Gasteiger partial charge on any atom is -0.384 e. The van der Waals surface area contributed by atoms with Crippen molar-refractivity contribution in [2.75, 3.05) is 22.5 Å². The standard InChI is InChI=1S/C18H20ClN3O2/c1-12-11-14(19)3-8-17(12)20-10-9-18(24)22-16-6-4-15(5-7-16)21-13(2)23/h3-8,11,20H,9-10H2,1-2H3,(H,21,23)(H,22,24). The second-order valence-corrected chi connectivity index (χ2v) is 5.88. The van der Waals surface area contributed by atoms with Crippen LogP contribution in [0.25, 0.3) is 0 Å². The van der Waals surface area contributed by atoms with Gasteiger partial charge < -0.3 is 16.0 Å². The van der Waals surface area contributed by atoms with Gasteiger partial charge in [0.2, 0.25) is 11.8 Å². The highest BCUT2D eigenvalue weighted by Gasteiger charge is 2.04. The molecule has 0 bridgehead atoms. The first-order valence-corrected chi connectivity index (χ1v) is 7.99. The third kappa shape index (κ3) is 5.59. The summed E-state index contributed by atoms with van der Waals surface area (Å²) in [6, 6.07) is 12.6. The minimum atomic E-state index is -0.129. The van der Waals surface area contributed by atoms with Crippen LogP contribution in [0.2, 0.25) is 5.02 Å². The van der Waals surface area contributed by atoms with Gasteiger partial charge in [-0.25, -0.2) is 0 Å². The topological polar surface area (TPSA) is 70.2 Å². The van der Waals surface area contributed by atoms with Crippen molar-refractivity contribution in [2.24, 2.45) is 0 Å². The van der Waals surface area contributed by atoms with E-state index in [1.165, 1.54) is 6.92 Å². The Balaban J connectivity index is 1.79. The van der Waals surface area contributed by atoms with E-state index >= 15 is 0 Å². The fourth-order valence-corrected chi connectivity index (χ4v) is 2.43. The van der Waals surface area contributed by atoms with Crippen LogP contribution in [-0.4, -0.2) is 18.4 Å². The molecule has 0 aromatic heterocycles. The van der Waals surface area contributed by atoms with Crippen molar-refractivity contribution in [3.63, 3.8) is 0 Å². The van der Waals surface area contributed by atoms with Crippen molar-refractivity contribution >= 4 is 40.5 Å². The molecule has 0 aliphatic rings. The first-order chi connectivity index (χ1) is 11.4. The van der Waals surface area contributed by atoms with Crippen LogP contribution < -0.4 is 16.0 Å². The average Bonchev–Trinajstić information content (AvgIpc) is 2.51. The molecule has 0 radical (unpaired) electrons. The lowest BCUT2D eigenvalue weighted by Crippen LogP contribution is -2.16. The van der Waals surface area contributed by atoms with Gasteiger partial charge in [0.1, 0.15) is 0 Å². The van der Waals surface area contributed by atoms with Crippen LogP contribution in [0.15, 0.2) is 42.5 Å². The summed E-state index contributed by atoms with van der Waals surface area (Å²) in [7, 11) is 0. The number of hydrogen-bond donors (Lipinski definition) is 3. The number of carbonyl (C=O) groups excluding carboxylic acids is 2. The monoisotopic (exact) mass is 345 g/mol. The van der Waals surface area contributed by atoms with Gasteiger partial charge in [0.05, 0.1) is 0 Å². The molecule has 0 saturated heterocycles. The summed E-state index contributed by atoms with van der Waals surface area (Å²) in [5, 5.41) is 9.41. The molecule has 2 aromatic carbocycles. The van der Waals surface area contributed by atoms with E-state index in [1.807, 2.05) is 25.1 Å². The molecule has 0 fully saturated rings. The molecular formula is C18H20ClN3O2. The van der Waals surface area contributed by atoms with Crippen molar-refractivity contribution < 1.29 is 9.59 Å². The molecule has 24 heavy (non-hydrogen) atoms. The fraction of sp³-hybridized carbons (Fsp3) is 0.222. The van der Waals surface area contributed by atoms with Crippen molar-refractivity contribution in [3.8, 4) is 0 Å². The molecule has 5 nitrogen and oxygen atoms in total. The van der Waals surface area contributed by atoms with Crippen molar-refractivity contribution in [1.29, 1.82) is 0 Å². The first-order valence-electron chi connectivity index (χ1n) is 7.61. The maximum atomic E-state index is 12.0. The molecule has 3 N–H and O–H groups in total. The Bertz CT molecular complexity index is 730. The highest BCUT2D eigenvalue weighted by Crippen LogP contribution is 2.19. The Morgan fingerprint density at radius 1 is 1.00 bits per heavy atom. The van der Waals surface area contributed by atoms with Crippen LogP contribution in [0.5, 0.6) is 0 Å². The largest absolute Gasteiger partial charge is 0.384 e. The van der Waals surface area contributed by atoms with Crippen molar-refractivity contribution in [1.82, 2.24) is 0 Å². The number of anilines is 3. The quantitative estimate of drug-likeness (QED) is 0.739. The van der Waals surface area contributed by atoms with Gasteiger partial charge in [0.15, 0.2) is 0 Å². The number of benzene rings is 2. The van der Waals surface area contributed by atoms with Gasteiger partial charge in [-0.05, 0) is 55.0 Å². The molecule has 2 rings (SSSR count). The summed E-state index contributed by atoms with van der Waals surface area (Å²) in [6.45, 7) is 3.94. The summed E-state index contributed by atoms with van der Waals surface area (Å²) in [4.78, 5) is 22.9. The second-order valence-electron chi connectivity index (χ2n) is 5.44. The molecule has 0 atom stereocenters. The molecule has 0 aliphatic carbocycles. The van der Waals surface area contributed by atoms with E-state index in [1.54, 1.807) is 24.3 Å². The molecule has 126 valence electrons. The summed E-state index contributed by atoms with van der Waals surface area (Å²) in [5.41, 5.74) is 3.39. The predicted molar refractivity (Wildman–Crippen MR) is 98.7 cm³/mol. The third-order valence-corrected chi connectivity index (χ3v) is 3.58. The highest BCUT2D eigenvalue weighted by molar-refractivity contribution is 6.30. The van der Waals surface area contributed by atoms with E-state index in [0.717, 1.165) is 11.3 Å². The van der Waals surface area contributed by atoms with Crippen LogP contribution >= 0.6 is 11.6 Å². The number of rotatable bonds is 6. The van der Waals surface area contributed by atoms with Crippen LogP contribution in [-0.2, 0) is 9.59 Å². The van der Waals surface area contributed by atoms with E-state index < -0.39 is 0 Å². The van der Waals surface area contributed by atoms with Crippen LogP contribution in [0.1, 0.15) is 18.9 Å². The number of aryl methyl sites for hydroxylation is 1. The van der Waals surface area contributed by atoms with Gasteiger partial charge in [-0.2, -0.15) is 0 Å². The van der Waals surface area contributed by atoms with E-state index in [9.17, 15) is 9.59 Å². The summed E-state index contributed by atoms with van der Waals surface area (Å²) in [5.74, 6) is -0.211. The smallest absolute Gasteiger partial charge is 0.226 e. The molecule has 2 amide bonds. The normalized spacial score (nSPS) is 10.1. The van der Waals surface area contributed by atoms with Gasteiger partial charge in [0.25, 0.3) is 0 Å². The number of hydrogen-bond acceptors (Lipinski definition) is 3. The Morgan fingerprint density at radius 3 is 2.21 bits per heavy atom. The third-order valence-electron chi connectivity index (χ3n) is 3.34.